The number of carbonyl (C=O) groups is 4. The number of benzene rings is 1. The molecule has 2 N–H and O–H groups in total. The van der Waals surface area contributed by atoms with Gasteiger partial charge in [-0.15, -0.1) is 0 Å². The van der Waals surface area contributed by atoms with Crippen LogP contribution < -0.4 is 10.6 Å². The van der Waals surface area contributed by atoms with Crippen molar-refractivity contribution in [1.82, 2.24) is 10.2 Å². The van der Waals surface area contributed by atoms with Crippen molar-refractivity contribution < 1.29 is 23.9 Å². The smallest absolute Gasteiger partial charge is 0.325 e. The van der Waals surface area contributed by atoms with Gasteiger partial charge >= 0.3 is 12.0 Å². The van der Waals surface area contributed by atoms with Crippen LogP contribution >= 0.6 is 0 Å². The van der Waals surface area contributed by atoms with E-state index in [9.17, 15) is 19.2 Å². The minimum atomic E-state index is -0.946. The zero-order valence-corrected chi connectivity index (χ0v) is 15.1. The number of rotatable bonds is 7. The fourth-order valence-electron chi connectivity index (χ4n) is 2.48. The summed E-state index contributed by atoms with van der Waals surface area (Å²) >= 11 is 0. The van der Waals surface area contributed by atoms with Gasteiger partial charge < -0.3 is 15.4 Å². The summed E-state index contributed by atoms with van der Waals surface area (Å²) in [6.07, 6.45) is -0.681. The predicted molar refractivity (Wildman–Crippen MR) is 94.2 cm³/mol. The lowest BCUT2D eigenvalue weighted by Gasteiger charge is -2.16. The average molecular weight is 361 g/mol. The van der Waals surface area contributed by atoms with Gasteiger partial charge in [-0.3, -0.25) is 19.3 Å². The van der Waals surface area contributed by atoms with Gasteiger partial charge in [-0.25, -0.2) is 4.79 Å². The number of imide groups is 1. The number of hydrogen-bond acceptors (Lipinski definition) is 5. The first kappa shape index (κ1) is 19.4. The number of nitrogens with zero attached hydrogens (tertiary/aromatic N) is 1. The zero-order chi connectivity index (χ0) is 19.3. The SMILES string of the molecule is C[C@@H](OC(=O)CCCN1C(=O)NC(C)(C)C1=O)C(=O)Nc1ccccc1. The third-order valence-corrected chi connectivity index (χ3v) is 3.93. The highest BCUT2D eigenvalue weighted by molar-refractivity contribution is 6.06. The molecule has 8 nitrogen and oxygen atoms in total. The first-order valence-electron chi connectivity index (χ1n) is 8.40. The van der Waals surface area contributed by atoms with Crippen LogP contribution in [0, 0.1) is 0 Å². The Morgan fingerprint density at radius 3 is 2.46 bits per heavy atom. The van der Waals surface area contributed by atoms with Crippen LogP contribution in [0.5, 0.6) is 0 Å². The summed E-state index contributed by atoms with van der Waals surface area (Å²) in [5.74, 6) is -1.32. The van der Waals surface area contributed by atoms with Crippen LogP contribution in [0.3, 0.4) is 0 Å². The van der Waals surface area contributed by atoms with E-state index in [4.69, 9.17) is 4.74 Å². The molecule has 1 fully saturated rings. The van der Waals surface area contributed by atoms with E-state index in [2.05, 4.69) is 10.6 Å². The van der Waals surface area contributed by atoms with Crippen molar-refractivity contribution in [3.63, 3.8) is 0 Å². The third kappa shape index (κ3) is 4.81. The molecule has 1 aromatic rings. The average Bonchev–Trinajstić information content (AvgIpc) is 2.77. The number of nitrogens with one attached hydrogen (secondary N) is 2. The Labute approximate surface area is 151 Å². The number of hydrogen-bond donors (Lipinski definition) is 2. The number of para-hydroxylation sites is 1. The highest BCUT2D eigenvalue weighted by Crippen LogP contribution is 2.17. The molecule has 1 saturated heterocycles. The highest BCUT2D eigenvalue weighted by atomic mass is 16.5. The molecular formula is C18H23N3O5. The molecule has 1 atom stereocenters. The number of ether oxygens (including phenoxy) is 1. The Bertz CT molecular complexity index is 702. The summed E-state index contributed by atoms with van der Waals surface area (Å²) in [4.78, 5) is 48.7. The number of anilines is 1. The molecule has 0 saturated carbocycles. The van der Waals surface area contributed by atoms with Gasteiger partial charge in [0.25, 0.3) is 11.8 Å². The normalized spacial score (nSPS) is 16.8. The molecule has 140 valence electrons. The Kier molecular flexibility index (Phi) is 5.97. The van der Waals surface area contributed by atoms with E-state index in [0.717, 1.165) is 4.90 Å². The molecule has 0 unspecified atom stereocenters. The molecule has 0 spiro atoms. The van der Waals surface area contributed by atoms with Crippen molar-refractivity contribution in [2.45, 2.75) is 45.3 Å². The molecule has 8 heteroatoms. The largest absolute Gasteiger partial charge is 0.453 e. The zero-order valence-electron chi connectivity index (χ0n) is 15.1. The summed E-state index contributed by atoms with van der Waals surface area (Å²) in [5, 5.41) is 5.22. The summed E-state index contributed by atoms with van der Waals surface area (Å²) in [5.41, 5.74) is -0.316. The van der Waals surface area contributed by atoms with Gasteiger partial charge in [0.15, 0.2) is 6.10 Å². The Morgan fingerprint density at radius 2 is 1.88 bits per heavy atom. The van der Waals surface area contributed by atoms with Crippen molar-refractivity contribution in [3.8, 4) is 0 Å². The van der Waals surface area contributed by atoms with Gasteiger partial charge in [0.2, 0.25) is 0 Å². The molecule has 0 bridgehead atoms. The summed E-state index contributed by atoms with van der Waals surface area (Å²) in [6, 6.07) is 8.38. The molecule has 26 heavy (non-hydrogen) atoms. The second kappa shape index (κ2) is 7.99. The topological polar surface area (TPSA) is 105 Å². The van der Waals surface area contributed by atoms with Gasteiger partial charge in [-0.05, 0) is 39.3 Å². The fraction of sp³-hybridized carbons (Fsp3) is 0.444. The van der Waals surface area contributed by atoms with Gasteiger partial charge in [0, 0.05) is 18.7 Å². The van der Waals surface area contributed by atoms with Gasteiger partial charge in [-0.1, -0.05) is 18.2 Å². The van der Waals surface area contributed by atoms with Crippen molar-refractivity contribution in [1.29, 1.82) is 0 Å². The maximum Gasteiger partial charge on any atom is 0.325 e. The Hall–Kier alpha value is -2.90. The Morgan fingerprint density at radius 1 is 1.23 bits per heavy atom. The first-order valence-corrected chi connectivity index (χ1v) is 8.40. The van der Waals surface area contributed by atoms with E-state index in [0.29, 0.717) is 5.69 Å². The fourth-order valence-corrected chi connectivity index (χ4v) is 2.48. The second-order valence-corrected chi connectivity index (χ2v) is 6.60. The van der Waals surface area contributed by atoms with E-state index in [1.165, 1.54) is 6.92 Å². The summed E-state index contributed by atoms with van der Waals surface area (Å²) in [6.45, 7) is 4.84. The minimum Gasteiger partial charge on any atom is -0.453 e. The molecule has 4 amide bonds. The van der Waals surface area contributed by atoms with Gasteiger partial charge in [0.1, 0.15) is 5.54 Å². The van der Waals surface area contributed by atoms with Crippen LogP contribution in [-0.2, 0) is 19.1 Å². The standard InChI is InChI=1S/C18H23N3O5/c1-12(15(23)19-13-8-5-4-6-9-13)26-14(22)10-7-11-21-16(24)18(2,3)20-17(21)25/h4-6,8-9,12H,7,10-11H2,1-3H3,(H,19,23)(H,20,25)/t12-/m1/s1. The van der Waals surface area contributed by atoms with Gasteiger partial charge in [-0.2, -0.15) is 0 Å². The van der Waals surface area contributed by atoms with E-state index < -0.39 is 29.6 Å². The number of urea groups is 1. The van der Waals surface area contributed by atoms with Crippen LogP contribution in [0.1, 0.15) is 33.6 Å². The Balaban J connectivity index is 1.74. The molecule has 0 aromatic heterocycles. The molecule has 0 aliphatic carbocycles. The van der Waals surface area contributed by atoms with Crippen LogP contribution in [0.25, 0.3) is 0 Å². The van der Waals surface area contributed by atoms with Crippen molar-refractivity contribution in [2.75, 3.05) is 11.9 Å². The molecule has 0 radical (unpaired) electrons. The van der Waals surface area contributed by atoms with E-state index in [1.54, 1.807) is 38.1 Å². The van der Waals surface area contributed by atoms with Gasteiger partial charge in [0.05, 0.1) is 0 Å². The number of esters is 1. The summed E-state index contributed by atoms with van der Waals surface area (Å²) in [7, 11) is 0. The summed E-state index contributed by atoms with van der Waals surface area (Å²) < 4.78 is 5.09. The molecule has 2 rings (SSSR count). The molecule has 1 aliphatic heterocycles. The van der Waals surface area contributed by atoms with E-state index in [-0.39, 0.29) is 25.3 Å². The lowest BCUT2D eigenvalue weighted by molar-refractivity contribution is -0.153. The lowest BCUT2D eigenvalue weighted by Crippen LogP contribution is -2.40. The van der Waals surface area contributed by atoms with Crippen molar-refractivity contribution >= 4 is 29.5 Å². The maximum absolute atomic E-state index is 12.0. The third-order valence-electron chi connectivity index (χ3n) is 3.93. The van der Waals surface area contributed by atoms with Crippen LogP contribution in [0.15, 0.2) is 30.3 Å². The van der Waals surface area contributed by atoms with Crippen LogP contribution in [0.2, 0.25) is 0 Å². The number of amides is 4. The predicted octanol–water partition coefficient (Wildman–Crippen LogP) is 1.67. The monoisotopic (exact) mass is 361 g/mol. The molecule has 1 aromatic carbocycles. The lowest BCUT2D eigenvalue weighted by atomic mass is 10.1. The molecule has 1 aliphatic rings. The molecule has 1 heterocycles. The van der Waals surface area contributed by atoms with E-state index >= 15 is 0 Å². The maximum atomic E-state index is 12.0. The van der Waals surface area contributed by atoms with E-state index in [1.807, 2.05) is 6.07 Å². The minimum absolute atomic E-state index is 0.000442. The van der Waals surface area contributed by atoms with Crippen LogP contribution in [-0.4, -0.2) is 46.9 Å². The van der Waals surface area contributed by atoms with Crippen molar-refractivity contribution in [3.05, 3.63) is 30.3 Å². The first-order chi connectivity index (χ1) is 12.2. The number of carbonyl (C=O) groups excluding carboxylic acids is 4. The van der Waals surface area contributed by atoms with Crippen molar-refractivity contribution in [2.24, 2.45) is 0 Å². The molecular weight excluding hydrogens is 338 g/mol. The quantitative estimate of drug-likeness (QED) is 0.568. The van der Waals surface area contributed by atoms with Crippen LogP contribution in [0.4, 0.5) is 10.5 Å². The second-order valence-electron chi connectivity index (χ2n) is 6.60. The highest BCUT2D eigenvalue weighted by Gasteiger charge is 2.43.